The fraction of sp³-hybridized carbons (Fsp3) is 0.520. The van der Waals surface area contributed by atoms with Crippen molar-refractivity contribution < 1.29 is 22.7 Å². The molecule has 1 aromatic heterocycles. The van der Waals surface area contributed by atoms with Crippen LogP contribution in [0.5, 0.6) is 11.5 Å². The van der Waals surface area contributed by atoms with E-state index in [1.54, 1.807) is 18.3 Å². The van der Waals surface area contributed by atoms with Crippen molar-refractivity contribution in [3.63, 3.8) is 0 Å². The highest BCUT2D eigenvalue weighted by Crippen LogP contribution is 2.33. The summed E-state index contributed by atoms with van der Waals surface area (Å²) < 4.78 is 38.5. The molecule has 1 aliphatic heterocycles. The first-order valence-electron chi connectivity index (χ1n) is 11.9. The second-order valence-corrected chi connectivity index (χ2v) is 10.6. The fourth-order valence-electron chi connectivity index (χ4n) is 4.17. The van der Waals surface area contributed by atoms with Crippen LogP contribution in [0, 0.1) is 11.8 Å². The SMILES string of the molecule is CCOc1ccc(C(NC(=O)C2CCN(S(=O)(=O)c3cccnc3)CC2)C(C)C)cc1OCC. The zero-order valence-electron chi connectivity index (χ0n) is 20.4. The van der Waals surface area contributed by atoms with E-state index < -0.39 is 10.0 Å². The fourth-order valence-corrected chi connectivity index (χ4v) is 5.61. The van der Waals surface area contributed by atoms with Gasteiger partial charge in [0, 0.05) is 31.4 Å². The van der Waals surface area contributed by atoms with Crippen molar-refractivity contribution in [3.8, 4) is 11.5 Å². The second-order valence-electron chi connectivity index (χ2n) is 8.67. The number of hydrogen-bond acceptors (Lipinski definition) is 6. The summed E-state index contributed by atoms with van der Waals surface area (Å²) in [6, 6.07) is 8.73. The van der Waals surface area contributed by atoms with Gasteiger partial charge in [-0.15, -0.1) is 0 Å². The average Bonchev–Trinajstić information content (AvgIpc) is 2.84. The Morgan fingerprint density at radius 3 is 2.38 bits per heavy atom. The van der Waals surface area contributed by atoms with Crippen molar-refractivity contribution in [2.24, 2.45) is 11.8 Å². The molecule has 0 bridgehead atoms. The zero-order chi connectivity index (χ0) is 24.7. The first-order chi connectivity index (χ1) is 16.3. The number of nitrogens with zero attached hydrogens (tertiary/aromatic N) is 2. The van der Waals surface area contributed by atoms with Gasteiger partial charge in [-0.2, -0.15) is 4.31 Å². The Bertz CT molecular complexity index is 1050. The van der Waals surface area contributed by atoms with Gasteiger partial charge >= 0.3 is 0 Å². The van der Waals surface area contributed by atoms with E-state index >= 15 is 0 Å². The first kappa shape index (κ1) is 26.0. The molecule has 186 valence electrons. The molecule has 0 spiro atoms. The number of aromatic nitrogens is 1. The van der Waals surface area contributed by atoms with Crippen LogP contribution < -0.4 is 14.8 Å². The van der Waals surface area contributed by atoms with Gasteiger partial charge in [-0.05, 0) is 62.4 Å². The molecule has 1 amide bonds. The molecule has 34 heavy (non-hydrogen) atoms. The molecule has 0 radical (unpaired) electrons. The third-order valence-corrected chi connectivity index (χ3v) is 7.87. The first-order valence-corrected chi connectivity index (χ1v) is 13.3. The number of amides is 1. The number of benzene rings is 1. The van der Waals surface area contributed by atoms with Gasteiger partial charge in [0.2, 0.25) is 15.9 Å². The van der Waals surface area contributed by atoms with E-state index in [1.807, 2.05) is 32.0 Å². The highest BCUT2D eigenvalue weighted by atomic mass is 32.2. The highest BCUT2D eigenvalue weighted by molar-refractivity contribution is 7.89. The van der Waals surface area contributed by atoms with E-state index in [0.29, 0.717) is 50.6 Å². The van der Waals surface area contributed by atoms with Gasteiger partial charge < -0.3 is 14.8 Å². The maximum absolute atomic E-state index is 13.1. The maximum Gasteiger partial charge on any atom is 0.244 e. The van der Waals surface area contributed by atoms with Gasteiger partial charge in [-0.3, -0.25) is 9.78 Å². The van der Waals surface area contributed by atoms with Crippen LogP contribution in [0.15, 0.2) is 47.6 Å². The molecule has 2 aromatic rings. The molecule has 9 heteroatoms. The molecule has 1 fully saturated rings. The Balaban J connectivity index is 1.67. The Hall–Kier alpha value is -2.65. The molecule has 1 unspecified atom stereocenters. The van der Waals surface area contributed by atoms with Gasteiger partial charge in [0.1, 0.15) is 4.90 Å². The Morgan fingerprint density at radius 1 is 1.12 bits per heavy atom. The minimum Gasteiger partial charge on any atom is -0.490 e. The molecule has 1 aliphatic rings. The van der Waals surface area contributed by atoms with E-state index in [9.17, 15) is 13.2 Å². The van der Waals surface area contributed by atoms with Crippen LogP contribution in [0.4, 0.5) is 0 Å². The van der Waals surface area contributed by atoms with Crippen molar-refractivity contribution in [1.82, 2.24) is 14.6 Å². The smallest absolute Gasteiger partial charge is 0.244 e. The van der Waals surface area contributed by atoms with Crippen molar-refractivity contribution in [3.05, 3.63) is 48.3 Å². The lowest BCUT2D eigenvalue weighted by Gasteiger charge is -2.32. The summed E-state index contributed by atoms with van der Waals surface area (Å²) in [5.41, 5.74) is 0.951. The predicted octanol–water partition coefficient (Wildman–Crippen LogP) is 3.79. The number of carbonyl (C=O) groups excluding carboxylic acids is 1. The van der Waals surface area contributed by atoms with Gasteiger partial charge in [0.05, 0.1) is 19.3 Å². The molecule has 3 rings (SSSR count). The summed E-state index contributed by atoms with van der Waals surface area (Å²) in [4.78, 5) is 17.2. The van der Waals surface area contributed by atoms with Crippen LogP contribution in [-0.2, 0) is 14.8 Å². The molecule has 1 aromatic carbocycles. The summed E-state index contributed by atoms with van der Waals surface area (Å²) in [6.45, 7) is 9.63. The van der Waals surface area contributed by atoms with Crippen LogP contribution in [0.25, 0.3) is 0 Å². The minimum atomic E-state index is -3.60. The largest absolute Gasteiger partial charge is 0.490 e. The molecule has 1 N–H and O–H groups in total. The molecular weight excluding hydrogens is 454 g/mol. The maximum atomic E-state index is 13.1. The summed E-state index contributed by atoms with van der Waals surface area (Å²) in [5.74, 6) is 1.21. The lowest BCUT2D eigenvalue weighted by atomic mass is 9.92. The van der Waals surface area contributed by atoms with E-state index in [1.165, 1.54) is 10.5 Å². The van der Waals surface area contributed by atoms with Crippen molar-refractivity contribution in [2.75, 3.05) is 26.3 Å². The lowest BCUT2D eigenvalue weighted by Crippen LogP contribution is -2.44. The Labute approximate surface area is 202 Å². The molecule has 8 nitrogen and oxygen atoms in total. The van der Waals surface area contributed by atoms with Crippen molar-refractivity contribution in [1.29, 1.82) is 0 Å². The van der Waals surface area contributed by atoms with Crippen molar-refractivity contribution >= 4 is 15.9 Å². The number of hydrogen-bond donors (Lipinski definition) is 1. The average molecular weight is 490 g/mol. The zero-order valence-corrected chi connectivity index (χ0v) is 21.2. The van der Waals surface area contributed by atoms with E-state index in [-0.39, 0.29) is 28.7 Å². The molecule has 1 saturated heterocycles. The van der Waals surface area contributed by atoms with Crippen LogP contribution in [0.2, 0.25) is 0 Å². The number of pyridine rings is 1. The van der Waals surface area contributed by atoms with Crippen LogP contribution in [-0.4, -0.2) is 49.9 Å². The standard InChI is InChI=1S/C25H35N3O5S/c1-5-32-22-10-9-20(16-23(22)33-6-2)24(18(3)4)27-25(29)19-11-14-28(15-12-19)34(30,31)21-8-7-13-26-17-21/h7-10,13,16-19,24H,5-6,11-12,14-15H2,1-4H3,(H,27,29). The van der Waals surface area contributed by atoms with Crippen LogP contribution in [0.3, 0.4) is 0 Å². The quantitative estimate of drug-likeness (QED) is 0.545. The topological polar surface area (TPSA) is 97.8 Å². The van der Waals surface area contributed by atoms with E-state index in [0.717, 1.165) is 5.56 Å². The van der Waals surface area contributed by atoms with Crippen molar-refractivity contribution in [2.45, 2.75) is 51.5 Å². The number of carbonyl (C=O) groups is 1. The third-order valence-electron chi connectivity index (χ3n) is 5.99. The lowest BCUT2D eigenvalue weighted by molar-refractivity contribution is -0.127. The van der Waals surface area contributed by atoms with Gasteiger partial charge in [0.15, 0.2) is 11.5 Å². The van der Waals surface area contributed by atoms with E-state index in [4.69, 9.17) is 9.47 Å². The van der Waals surface area contributed by atoms with Gasteiger partial charge in [-0.25, -0.2) is 8.42 Å². The molecule has 2 heterocycles. The number of nitrogens with one attached hydrogen (secondary N) is 1. The van der Waals surface area contributed by atoms with Gasteiger partial charge in [-0.1, -0.05) is 19.9 Å². The molecular formula is C25H35N3O5S. The number of ether oxygens (including phenoxy) is 2. The Kier molecular flexibility index (Phi) is 8.90. The van der Waals surface area contributed by atoms with Crippen LogP contribution >= 0.6 is 0 Å². The predicted molar refractivity (Wildman–Crippen MR) is 130 cm³/mol. The molecule has 0 aliphatic carbocycles. The van der Waals surface area contributed by atoms with Crippen LogP contribution in [0.1, 0.15) is 52.1 Å². The highest BCUT2D eigenvalue weighted by Gasteiger charge is 2.33. The van der Waals surface area contributed by atoms with E-state index in [2.05, 4.69) is 24.1 Å². The normalized spacial score (nSPS) is 16.3. The third kappa shape index (κ3) is 6.07. The summed E-state index contributed by atoms with van der Waals surface area (Å²) in [6.07, 6.45) is 3.85. The molecule has 0 saturated carbocycles. The summed E-state index contributed by atoms with van der Waals surface area (Å²) >= 11 is 0. The monoisotopic (exact) mass is 489 g/mol. The number of piperidine rings is 1. The summed E-state index contributed by atoms with van der Waals surface area (Å²) in [7, 11) is -3.60. The molecule has 1 atom stereocenters. The number of sulfonamides is 1. The second kappa shape index (κ2) is 11.7. The van der Waals surface area contributed by atoms with Gasteiger partial charge in [0.25, 0.3) is 0 Å². The Morgan fingerprint density at radius 2 is 1.79 bits per heavy atom. The minimum absolute atomic E-state index is 0.0519. The summed E-state index contributed by atoms with van der Waals surface area (Å²) in [5, 5.41) is 3.20. The number of rotatable bonds is 10.